The van der Waals surface area contributed by atoms with Gasteiger partial charge in [-0.15, -0.1) is 0 Å². The molecule has 0 aromatic heterocycles. The lowest BCUT2D eigenvalue weighted by Gasteiger charge is -2.35. The van der Waals surface area contributed by atoms with E-state index in [9.17, 15) is 5.11 Å². The van der Waals surface area contributed by atoms with Gasteiger partial charge in [0.05, 0.1) is 5.69 Å². The standard InChI is InChI=1S/C14H21N3O/c1-10-3-2-4-12(14(15)16)13(10)17-7-5-11(9-18)6-8-17/h2-4,11,18H,5-9H2,1H3,(H3,15,16). The number of aryl methyl sites for hydroxylation is 1. The van der Waals surface area contributed by atoms with Gasteiger partial charge >= 0.3 is 0 Å². The summed E-state index contributed by atoms with van der Waals surface area (Å²) in [6, 6.07) is 5.90. The summed E-state index contributed by atoms with van der Waals surface area (Å²) in [7, 11) is 0. The fourth-order valence-electron chi connectivity index (χ4n) is 2.64. The Bertz CT molecular complexity index is 437. The van der Waals surface area contributed by atoms with Crippen LogP contribution in [0.1, 0.15) is 24.0 Å². The van der Waals surface area contributed by atoms with E-state index in [1.54, 1.807) is 0 Å². The normalized spacial score (nSPS) is 16.9. The van der Waals surface area contributed by atoms with Crippen molar-refractivity contribution in [3.63, 3.8) is 0 Å². The second kappa shape index (κ2) is 5.40. The molecule has 2 rings (SSSR count). The van der Waals surface area contributed by atoms with Crippen LogP contribution in [0.3, 0.4) is 0 Å². The van der Waals surface area contributed by atoms with Gasteiger partial charge in [0.2, 0.25) is 0 Å². The fraction of sp³-hybridized carbons (Fsp3) is 0.500. The van der Waals surface area contributed by atoms with Crippen molar-refractivity contribution in [1.82, 2.24) is 0 Å². The van der Waals surface area contributed by atoms with Gasteiger partial charge in [0, 0.05) is 25.3 Å². The molecule has 1 aliphatic heterocycles. The van der Waals surface area contributed by atoms with Crippen molar-refractivity contribution in [1.29, 1.82) is 5.41 Å². The minimum absolute atomic E-state index is 0.123. The van der Waals surface area contributed by atoms with E-state index in [0.29, 0.717) is 5.92 Å². The molecule has 1 fully saturated rings. The summed E-state index contributed by atoms with van der Waals surface area (Å²) >= 11 is 0. The molecule has 1 aromatic carbocycles. The Balaban J connectivity index is 2.26. The molecule has 0 amide bonds. The quantitative estimate of drug-likeness (QED) is 0.559. The second-order valence-electron chi connectivity index (χ2n) is 5.00. The largest absolute Gasteiger partial charge is 0.396 e. The molecule has 0 radical (unpaired) electrons. The molecule has 0 saturated carbocycles. The fourth-order valence-corrected chi connectivity index (χ4v) is 2.64. The highest BCUT2D eigenvalue weighted by atomic mass is 16.3. The predicted octanol–water partition coefficient (Wildman–Crippen LogP) is 1.49. The minimum Gasteiger partial charge on any atom is -0.396 e. The Morgan fingerprint density at radius 2 is 2.11 bits per heavy atom. The third-order valence-corrected chi connectivity index (χ3v) is 3.72. The number of nitrogens with zero attached hydrogens (tertiary/aromatic N) is 1. The first-order chi connectivity index (χ1) is 8.63. The number of aliphatic hydroxyl groups is 1. The number of benzene rings is 1. The number of hydrogen-bond acceptors (Lipinski definition) is 3. The van der Waals surface area contributed by atoms with Crippen molar-refractivity contribution >= 4 is 11.5 Å². The first-order valence-corrected chi connectivity index (χ1v) is 6.43. The van der Waals surface area contributed by atoms with Crippen molar-refractivity contribution in [2.75, 3.05) is 24.6 Å². The van der Waals surface area contributed by atoms with Crippen molar-refractivity contribution in [3.8, 4) is 0 Å². The Kier molecular flexibility index (Phi) is 3.87. The average Bonchev–Trinajstić information content (AvgIpc) is 2.38. The lowest BCUT2D eigenvalue weighted by Crippen LogP contribution is -2.36. The third kappa shape index (κ3) is 2.48. The van der Waals surface area contributed by atoms with Crippen LogP contribution in [0.2, 0.25) is 0 Å². The molecule has 4 nitrogen and oxygen atoms in total. The number of rotatable bonds is 3. The lowest BCUT2D eigenvalue weighted by atomic mass is 9.95. The summed E-state index contributed by atoms with van der Waals surface area (Å²) in [5.74, 6) is 0.545. The van der Waals surface area contributed by atoms with Crippen LogP contribution in [0.4, 0.5) is 5.69 Å². The summed E-state index contributed by atoms with van der Waals surface area (Å²) in [5, 5.41) is 16.9. The van der Waals surface area contributed by atoms with Crippen LogP contribution in [-0.2, 0) is 0 Å². The zero-order valence-electron chi connectivity index (χ0n) is 10.8. The van der Waals surface area contributed by atoms with Gasteiger partial charge in [-0.3, -0.25) is 5.41 Å². The molecule has 0 atom stereocenters. The summed E-state index contributed by atoms with van der Waals surface area (Å²) in [6.07, 6.45) is 2.00. The molecule has 1 heterocycles. The van der Waals surface area contributed by atoms with E-state index in [1.165, 1.54) is 0 Å². The number of aliphatic hydroxyl groups excluding tert-OH is 1. The van der Waals surface area contributed by atoms with Gasteiger partial charge in [0.1, 0.15) is 5.84 Å². The lowest BCUT2D eigenvalue weighted by molar-refractivity contribution is 0.203. The summed E-state index contributed by atoms with van der Waals surface area (Å²) in [6.45, 7) is 4.19. The Morgan fingerprint density at radius 3 is 2.67 bits per heavy atom. The van der Waals surface area contributed by atoms with Crippen LogP contribution in [0, 0.1) is 18.3 Å². The number of hydrogen-bond donors (Lipinski definition) is 3. The van der Waals surface area contributed by atoms with Gasteiger partial charge in [-0.2, -0.15) is 0 Å². The van der Waals surface area contributed by atoms with Crippen molar-refractivity contribution in [2.45, 2.75) is 19.8 Å². The summed E-state index contributed by atoms with van der Waals surface area (Å²) < 4.78 is 0. The van der Waals surface area contributed by atoms with E-state index >= 15 is 0 Å². The van der Waals surface area contributed by atoms with E-state index in [-0.39, 0.29) is 12.4 Å². The van der Waals surface area contributed by atoms with Gasteiger partial charge in [0.25, 0.3) is 0 Å². The number of nitrogen functional groups attached to an aromatic ring is 1. The van der Waals surface area contributed by atoms with Crippen LogP contribution >= 0.6 is 0 Å². The van der Waals surface area contributed by atoms with Crippen LogP contribution < -0.4 is 10.6 Å². The topological polar surface area (TPSA) is 73.3 Å². The molecular formula is C14H21N3O. The highest BCUT2D eigenvalue weighted by Gasteiger charge is 2.22. The maximum Gasteiger partial charge on any atom is 0.124 e. The summed E-state index contributed by atoms with van der Waals surface area (Å²) in [4.78, 5) is 2.29. The van der Waals surface area contributed by atoms with Crippen LogP contribution in [0.15, 0.2) is 18.2 Å². The molecule has 0 spiro atoms. The number of nitrogens with one attached hydrogen (secondary N) is 1. The second-order valence-corrected chi connectivity index (χ2v) is 5.00. The van der Waals surface area contributed by atoms with Crippen molar-refractivity contribution < 1.29 is 5.11 Å². The number of piperidine rings is 1. The minimum atomic E-state index is 0.123. The SMILES string of the molecule is Cc1cccc(C(=N)N)c1N1CCC(CO)CC1. The van der Waals surface area contributed by atoms with Crippen LogP contribution in [-0.4, -0.2) is 30.6 Å². The zero-order valence-corrected chi connectivity index (χ0v) is 10.8. The molecule has 0 unspecified atom stereocenters. The molecule has 0 bridgehead atoms. The highest BCUT2D eigenvalue weighted by Crippen LogP contribution is 2.29. The highest BCUT2D eigenvalue weighted by molar-refractivity contribution is 6.01. The first-order valence-electron chi connectivity index (χ1n) is 6.43. The molecule has 1 saturated heterocycles. The predicted molar refractivity (Wildman–Crippen MR) is 74.2 cm³/mol. The van der Waals surface area contributed by atoms with Gasteiger partial charge in [-0.1, -0.05) is 12.1 Å². The molecule has 4 heteroatoms. The Hall–Kier alpha value is -1.55. The Labute approximate surface area is 108 Å². The number of amidine groups is 1. The summed E-state index contributed by atoms with van der Waals surface area (Å²) in [5.41, 5.74) is 8.72. The molecule has 18 heavy (non-hydrogen) atoms. The van der Waals surface area contributed by atoms with Gasteiger partial charge in [-0.05, 0) is 37.3 Å². The van der Waals surface area contributed by atoms with Gasteiger partial charge in [0.15, 0.2) is 0 Å². The Morgan fingerprint density at radius 1 is 1.44 bits per heavy atom. The van der Waals surface area contributed by atoms with Crippen molar-refractivity contribution in [2.24, 2.45) is 11.7 Å². The number of para-hydroxylation sites is 1. The number of nitrogens with two attached hydrogens (primary N) is 1. The molecule has 4 N–H and O–H groups in total. The van der Waals surface area contributed by atoms with E-state index in [2.05, 4.69) is 17.9 Å². The first kappa shape index (κ1) is 12.9. The van der Waals surface area contributed by atoms with Crippen molar-refractivity contribution in [3.05, 3.63) is 29.3 Å². The van der Waals surface area contributed by atoms with E-state index in [1.807, 2.05) is 12.1 Å². The molecular weight excluding hydrogens is 226 g/mol. The van der Waals surface area contributed by atoms with E-state index in [4.69, 9.17) is 11.1 Å². The molecule has 1 aromatic rings. The maximum absolute atomic E-state index is 9.17. The molecule has 0 aliphatic carbocycles. The van der Waals surface area contributed by atoms with E-state index in [0.717, 1.165) is 42.7 Å². The van der Waals surface area contributed by atoms with Crippen LogP contribution in [0.5, 0.6) is 0 Å². The zero-order chi connectivity index (χ0) is 13.1. The number of anilines is 1. The third-order valence-electron chi connectivity index (χ3n) is 3.72. The smallest absolute Gasteiger partial charge is 0.124 e. The van der Waals surface area contributed by atoms with Gasteiger partial charge < -0.3 is 15.7 Å². The van der Waals surface area contributed by atoms with E-state index < -0.39 is 0 Å². The molecule has 1 aliphatic rings. The average molecular weight is 247 g/mol. The monoisotopic (exact) mass is 247 g/mol. The van der Waals surface area contributed by atoms with Crippen LogP contribution in [0.25, 0.3) is 0 Å². The van der Waals surface area contributed by atoms with Gasteiger partial charge in [-0.25, -0.2) is 0 Å². The maximum atomic E-state index is 9.17. The molecule has 98 valence electrons.